The van der Waals surface area contributed by atoms with E-state index in [0.29, 0.717) is 12.5 Å². The lowest BCUT2D eigenvalue weighted by Crippen LogP contribution is -2.27. The van der Waals surface area contributed by atoms with Crippen molar-refractivity contribution < 1.29 is 4.21 Å². The summed E-state index contributed by atoms with van der Waals surface area (Å²) < 4.78 is 14.0. The highest BCUT2D eigenvalue weighted by atomic mass is 32.2. The van der Waals surface area contributed by atoms with Gasteiger partial charge in [0.15, 0.2) is 0 Å². The molecule has 1 aliphatic carbocycles. The number of rotatable bonds is 3. The lowest BCUT2D eigenvalue weighted by Gasteiger charge is -2.20. The van der Waals surface area contributed by atoms with Gasteiger partial charge in [-0.2, -0.15) is 0 Å². The van der Waals surface area contributed by atoms with Crippen molar-refractivity contribution >= 4 is 10.8 Å². The zero-order valence-electron chi connectivity index (χ0n) is 14.6. The molecule has 130 valence electrons. The normalized spacial score (nSPS) is 23.1. The van der Waals surface area contributed by atoms with E-state index in [2.05, 4.69) is 47.3 Å². The predicted molar refractivity (Wildman–Crippen MR) is 100 cm³/mol. The fourth-order valence-electron chi connectivity index (χ4n) is 3.25. The van der Waals surface area contributed by atoms with E-state index in [1.807, 2.05) is 10.9 Å². The summed E-state index contributed by atoms with van der Waals surface area (Å²) in [7, 11) is -0.726. The standard InChI is InChI=1S/C20H23N3OS/c1-15-12-17(8-7-16-5-6-16)9-10-19(15)20-14-23(22-21-20)13-18-4-2-3-11-25(18)24/h9-10,12,14,16,18H,2-6,11,13H2,1H3. The SMILES string of the molecule is Cc1cc(C#CC2CC2)ccc1-c1cn(CC2CCCCS2=O)nn1. The lowest BCUT2D eigenvalue weighted by molar-refractivity contribution is 0.513. The molecule has 2 aromatic rings. The molecule has 2 unspecified atom stereocenters. The van der Waals surface area contributed by atoms with Crippen molar-refractivity contribution in [3.8, 4) is 23.1 Å². The highest BCUT2D eigenvalue weighted by molar-refractivity contribution is 7.85. The molecule has 4 nitrogen and oxygen atoms in total. The average molecular weight is 353 g/mol. The van der Waals surface area contributed by atoms with Crippen LogP contribution in [0.15, 0.2) is 24.4 Å². The maximum absolute atomic E-state index is 12.1. The number of aromatic nitrogens is 3. The first-order valence-electron chi connectivity index (χ1n) is 9.09. The van der Waals surface area contributed by atoms with Crippen LogP contribution in [0, 0.1) is 24.7 Å². The van der Waals surface area contributed by atoms with Gasteiger partial charge in [0.25, 0.3) is 0 Å². The molecule has 0 radical (unpaired) electrons. The molecule has 0 amide bonds. The highest BCUT2D eigenvalue weighted by Gasteiger charge is 2.22. The van der Waals surface area contributed by atoms with Gasteiger partial charge in [0.2, 0.25) is 0 Å². The van der Waals surface area contributed by atoms with Gasteiger partial charge in [-0.25, -0.2) is 0 Å². The Morgan fingerprint density at radius 1 is 1.28 bits per heavy atom. The van der Waals surface area contributed by atoms with Crippen LogP contribution in [-0.4, -0.2) is 30.2 Å². The average Bonchev–Trinajstić information content (AvgIpc) is 3.33. The molecule has 1 saturated heterocycles. The summed E-state index contributed by atoms with van der Waals surface area (Å²) in [5.74, 6) is 8.01. The molecular weight excluding hydrogens is 330 g/mol. The predicted octanol–water partition coefficient (Wildman–Crippen LogP) is 3.32. The minimum Gasteiger partial charge on any atom is -0.259 e. The van der Waals surface area contributed by atoms with Crippen LogP contribution in [0.5, 0.6) is 0 Å². The molecule has 0 N–H and O–H groups in total. The quantitative estimate of drug-likeness (QED) is 0.796. The van der Waals surface area contributed by atoms with Crippen molar-refractivity contribution in [2.75, 3.05) is 5.75 Å². The maximum atomic E-state index is 12.1. The first-order valence-corrected chi connectivity index (χ1v) is 10.5. The van der Waals surface area contributed by atoms with Crippen LogP contribution < -0.4 is 0 Å². The number of hydrogen-bond acceptors (Lipinski definition) is 3. The Hall–Kier alpha value is -1.93. The summed E-state index contributed by atoms with van der Waals surface area (Å²) in [5.41, 5.74) is 4.20. The first kappa shape index (κ1) is 16.5. The van der Waals surface area contributed by atoms with Gasteiger partial charge in [-0.3, -0.25) is 8.89 Å². The number of hydrogen-bond donors (Lipinski definition) is 0. The minimum atomic E-state index is -0.726. The molecule has 0 spiro atoms. The van der Waals surface area contributed by atoms with E-state index >= 15 is 0 Å². The molecule has 1 aliphatic heterocycles. The van der Waals surface area contributed by atoms with E-state index in [9.17, 15) is 4.21 Å². The van der Waals surface area contributed by atoms with Gasteiger partial charge in [0.05, 0.1) is 18.0 Å². The number of aryl methyl sites for hydroxylation is 1. The first-order chi connectivity index (χ1) is 12.2. The molecule has 2 aliphatic rings. The fourth-order valence-corrected chi connectivity index (χ4v) is 4.82. The molecule has 1 saturated carbocycles. The van der Waals surface area contributed by atoms with Gasteiger partial charge in [-0.05, 0) is 50.3 Å². The summed E-state index contributed by atoms with van der Waals surface area (Å²) >= 11 is 0. The van der Waals surface area contributed by atoms with Crippen LogP contribution in [0.2, 0.25) is 0 Å². The molecule has 0 bridgehead atoms. The third-order valence-electron chi connectivity index (χ3n) is 4.92. The Morgan fingerprint density at radius 3 is 2.92 bits per heavy atom. The second-order valence-corrected chi connectivity index (χ2v) is 8.94. The largest absolute Gasteiger partial charge is 0.259 e. The van der Waals surface area contributed by atoms with Crippen molar-refractivity contribution in [2.45, 2.75) is 50.8 Å². The van der Waals surface area contributed by atoms with Crippen LogP contribution in [0.1, 0.15) is 43.2 Å². The zero-order chi connectivity index (χ0) is 17.2. The Kier molecular flexibility index (Phi) is 4.72. The van der Waals surface area contributed by atoms with Crippen molar-refractivity contribution in [3.63, 3.8) is 0 Å². The molecule has 25 heavy (non-hydrogen) atoms. The van der Waals surface area contributed by atoms with E-state index in [1.54, 1.807) is 0 Å². The van der Waals surface area contributed by atoms with Gasteiger partial charge in [0, 0.05) is 33.6 Å². The Labute approximate surface area is 151 Å². The summed E-state index contributed by atoms with van der Waals surface area (Å²) in [6, 6.07) is 6.27. The third-order valence-corrected chi connectivity index (χ3v) is 6.74. The Bertz CT molecular complexity index is 857. The number of benzene rings is 1. The highest BCUT2D eigenvalue weighted by Crippen LogP contribution is 2.28. The van der Waals surface area contributed by atoms with E-state index in [0.717, 1.165) is 41.0 Å². The van der Waals surface area contributed by atoms with E-state index in [-0.39, 0.29) is 5.25 Å². The molecule has 2 fully saturated rings. The van der Waals surface area contributed by atoms with Gasteiger partial charge in [-0.1, -0.05) is 29.5 Å². The van der Waals surface area contributed by atoms with Crippen LogP contribution in [0.3, 0.4) is 0 Å². The summed E-state index contributed by atoms with van der Waals surface area (Å²) in [5, 5.41) is 8.80. The molecule has 1 aromatic heterocycles. The van der Waals surface area contributed by atoms with Crippen molar-refractivity contribution in [1.29, 1.82) is 0 Å². The van der Waals surface area contributed by atoms with E-state index < -0.39 is 10.8 Å². The van der Waals surface area contributed by atoms with E-state index in [1.165, 1.54) is 19.3 Å². The lowest BCUT2D eigenvalue weighted by atomic mass is 10.0. The second kappa shape index (κ2) is 7.13. The Balaban J connectivity index is 1.49. The minimum absolute atomic E-state index is 0.212. The fraction of sp³-hybridized carbons (Fsp3) is 0.500. The molecule has 2 heterocycles. The third kappa shape index (κ3) is 4.01. The van der Waals surface area contributed by atoms with Crippen LogP contribution in [-0.2, 0) is 17.3 Å². The molecule has 1 aromatic carbocycles. The molecule has 2 atom stereocenters. The van der Waals surface area contributed by atoms with Crippen LogP contribution in [0.25, 0.3) is 11.3 Å². The molecule has 4 rings (SSSR count). The maximum Gasteiger partial charge on any atom is 0.113 e. The topological polar surface area (TPSA) is 47.8 Å². The smallest absolute Gasteiger partial charge is 0.113 e. The van der Waals surface area contributed by atoms with Gasteiger partial charge < -0.3 is 0 Å². The summed E-state index contributed by atoms with van der Waals surface area (Å²) in [6.07, 6.45) is 7.75. The van der Waals surface area contributed by atoms with Crippen molar-refractivity contribution in [2.24, 2.45) is 5.92 Å². The van der Waals surface area contributed by atoms with Crippen molar-refractivity contribution in [3.05, 3.63) is 35.5 Å². The summed E-state index contributed by atoms with van der Waals surface area (Å²) in [6.45, 7) is 2.79. The number of nitrogens with zero attached hydrogens (tertiary/aromatic N) is 3. The second-order valence-electron chi connectivity index (χ2n) is 7.10. The van der Waals surface area contributed by atoms with E-state index in [4.69, 9.17) is 0 Å². The zero-order valence-corrected chi connectivity index (χ0v) is 15.4. The van der Waals surface area contributed by atoms with Gasteiger partial charge in [-0.15, -0.1) is 5.10 Å². The Morgan fingerprint density at radius 2 is 2.16 bits per heavy atom. The van der Waals surface area contributed by atoms with Crippen LogP contribution >= 0.6 is 0 Å². The van der Waals surface area contributed by atoms with Crippen molar-refractivity contribution in [1.82, 2.24) is 15.0 Å². The van der Waals surface area contributed by atoms with Crippen LogP contribution in [0.4, 0.5) is 0 Å². The molecular formula is C20H23N3OS. The van der Waals surface area contributed by atoms with Gasteiger partial charge in [0.1, 0.15) is 5.69 Å². The van der Waals surface area contributed by atoms with Gasteiger partial charge >= 0.3 is 0 Å². The summed E-state index contributed by atoms with van der Waals surface area (Å²) in [4.78, 5) is 0. The molecule has 5 heteroatoms. The monoisotopic (exact) mass is 353 g/mol.